The molecule has 2 aromatic heterocycles. The maximum Gasteiger partial charge on any atom is 0.108 e. The monoisotopic (exact) mass is 255 g/mol. The van der Waals surface area contributed by atoms with Crippen LogP contribution in [0.2, 0.25) is 4.34 Å². The maximum atomic E-state index is 5.92. The standard InChI is InChI=1S/C11H14ClN3S/c1-7-11(8-3-4-9(12)16-8)15-10(14-7)5-6-13-2/h3-4,13H,5-6H2,1-2H3,(H,14,15). The number of hydrogen-bond acceptors (Lipinski definition) is 3. The molecule has 16 heavy (non-hydrogen) atoms. The second kappa shape index (κ2) is 4.99. The number of aromatic amines is 1. The molecule has 0 aliphatic heterocycles. The number of halogens is 1. The van der Waals surface area contributed by atoms with Crippen LogP contribution in [0, 0.1) is 6.92 Å². The molecule has 2 N–H and O–H groups in total. The van der Waals surface area contributed by atoms with Crippen LogP contribution in [0.1, 0.15) is 11.5 Å². The first kappa shape index (κ1) is 11.6. The highest BCUT2D eigenvalue weighted by molar-refractivity contribution is 7.19. The normalized spacial score (nSPS) is 10.9. The number of aryl methyl sites for hydroxylation is 1. The minimum Gasteiger partial charge on any atom is -0.346 e. The van der Waals surface area contributed by atoms with Crippen molar-refractivity contribution in [1.82, 2.24) is 15.3 Å². The third-order valence-electron chi connectivity index (χ3n) is 2.35. The molecule has 2 heterocycles. The summed E-state index contributed by atoms with van der Waals surface area (Å²) < 4.78 is 0.800. The van der Waals surface area contributed by atoms with Crippen molar-refractivity contribution in [3.8, 4) is 10.6 Å². The Morgan fingerprint density at radius 3 is 2.94 bits per heavy atom. The first-order valence-electron chi connectivity index (χ1n) is 5.16. The smallest absolute Gasteiger partial charge is 0.108 e. The molecule has 0 aliphatic rings. The van der Waals surface area contributed by atoms with Gasteiger partial charge in [-0.05, 0) is 26.1 Å². The Morgan fingerprint density at radius 2 is 2.31 bits per heavy atom. The largest absolute Gasteiger partial charge is 0.346 e. The summed E-state index contributed by atoms with van der Waals surface area (Å²) in [6, 6.07) is 3.92. The summed E-state index contributed by atoms with van der Waals surface area (Å²) in [4.78, 5) is 9.01. The van der Waals surface area contributed by atoms with Crippen LogP contribution in [-0.4, -0.2) is 23.6 Å². The molecule has 3 nitrogen and oxygen atoms in total. The predicted octanol–water partition coefficient (Wildman–Crippen LogP) is 2.86. The molecule has 0 spiro atoms. The van der Waals surface area contributed by atoms with Gasteiger partial charge in [-0.25, -0.2) is 4.98 Å². The van der Waals surface area contributed by atoms with Crippen molar-refractivity contribution in [3.63, 3.8) is 0 Å². The van der Waals surface area contributed by atoms with Crippen LogP contribution in [0.5, 0.6) is 0 Å². The zero-order valence-electron chi connectivity index (χ0n) is 9.30. The molecular weight excluding hydrogens is 242 g/mol. The summed E-state index contributed by atoms with van der Waals surface area (Å²) in [7, 11) is 1.94. The van der Waals surface area contributed by atoms with Crippen molar-refractivity contribution >= 4 is 22.9 Å². The molecule has 2 rings (SSSR count). The van der Waals surface area contributed by atoms with Gasteiger partial charge >= 0.3 is 0 Å². The summed E-state index contributed by atoms with van der Waals surface area (Å²) in [5, 5.41) is 3.11. The zero-order valence-corrected chi connectivity index (χ0v) is 10.9. The quantitative estimate of drug-likeness (QED) is 0.882. The summed E-state index contributed by atoms with van der Waals surface area (Å²) in [6.45, 7) is 2.97. The molecule has 0 radical (unpaired) electrons. The number of imidazole rings is 1. The van der Waals surface area contributed by atoms with Gasteiger partial charge in [-0.3, -0.25) is 0 Å². The van der Waals surface area contributed by atoms with E-state index in [0.29, 0.717) is 0 Å². The van der Waals surface area contributed by atoms with E-state index in [2.05, 4.69) is 15.3 Å². The molecule has 86 valence electrons. The molecule has 5 heteroatoms. The number of nitrogens with one attached hydrogen (secondary N) is 2. The van der Waals surface area contributed by atoms with Crippen molar-refractivity contribution in [2.75, 3.05) is 13.6 Å². The number of thiophene rings is 1. The summed E-state index contributed by atoms with van der Waals surface area (Å²) >= 11 is 7.48. The van der Waals surface area contributed by atoms with Gasteiger partial charge in [0, 0.05) is 18.7 Å². The van der Waals surface area contributed by atoms with Crippen molar-refractivity contribution in [1.29, 1.82) is 0 Å². The van der Waals surface area contributed by atoms with Crippen LogP contribution < -0.4 is 5.32 Å². The average Bonchev–Trinajstić information content (AvgIpc) is 2.82. The van der Waals surface area contributed by atoms with Crippen molar-refractivity contribution in [2.45, 2.75) is 13.3 Å². The lowest BCUT2D eigenvalue weighted by Crippen LogP contribution is -2.11. The Kier molecular flexibility index (Phi) is 3.63. The lowest BCUT2D eigenvalue weighted by Gasteiger charge is -1.93. The van der Waals surface area contributed by atoms with Gasteiger partial charge in [0.25, 0.3) is 0 Å². The predicted molar refractivity (Wildman–Crippen MR) is 69.3 cm³/mol. The highest BCUT2D eigenvalue weighted by atomic mass is 35.5. The molecule has 0 saturated heterocycles. The zero-order chi connectivity index (χ0) is 11.5. The van der Waals surface area contributed by atoms with Crippen LogP contribution in [0.15, 0.2) is 12.1 Å². The number of nitrogens with zero attached hydrogens (tertiary/aromatic N) is 1. The molecule has 0 fully saturated rings. The third-order valence-corrected chi connectivity index (χ3v) is 3.59. The molecule has 0 amide bonds. The van der Waals surface area contributed by atoms with Gasteiger partial charge in [0.15, 0.2) is 0 Å². The Hall–Kier alpha value is -0.840. The SMILES string of the molecule is CNCCc1nc(-c2ccc(Cl)s2)c(C)[nH]1. The fourth-order valence-corrected chi connectivity index (χ4v) is 2.66. The molecule has 0 saturated carbocycles. The highest BCUT2D eigenvalue weighted by Gasteiger charge is 2.10. The van der Waals surface area contributed by atoms with Gasteiger partial charge < -0.3 is 10.3 Å². The molecule has 0 aromatic carbocycles. The van der Waals surface area contributed by atoms with E-state index < -0.39 is 0 Å². The van der Waals surface area contributed by atoms with E-state index in [1.807, 2.05) is 26.1 Å². The lowest BCUT2D eigenvalue weighted by atomic mass is 10.3. The van der Waals surface area contributed by atoms with Crippen molar-refractivity contribution in [3.05, 3.63) is 28.0 Å². The minimum atomic E-state index is 0.800. The summed E-state index contributed by atoms with van der Waals surface area (Å²) in [5.74, 6) is 1.02. The topological polar surface area (TPSA) is 40.7 Å². The molecule has 0 aliphatic carbocycles. The fourth-order valence-electron chi connectivity index (χ4n) is 1.57. The van der Waals surface area contributed by atoms with E-state index in [0.717, 1.165) is 39.4 Å². The minimum absolute atomic E-state index is 0.800. The summed E-state index contributed by atoms with van der Waals surface area (Å²) in [6.07, 6.45) is 0.913. The number of aromatic nitrogens is 2. The van der Waals surface area contributed by atoms with Gasteiger partial charge in [0.05, 0.1) is 9.21 Å². The second-order valence-corrected chi connectivity index (χ2v) is 5.33. The van der Waals surface area contributed by atoms with Crippen LogP contribution in [0.25, 0.3) is 10.6 Å². The molecule has 0 bridgehead atoms. The first-order chi connectivity index (χ1) is 7.70. The van der Waals surface area contributed by atoms with Gasteiger partial charge in [-0.1, -0.05) is 11.6 Å². The number of rotatable bonds is 4. The van der Waals surface area contributed by atoms with Crippen molar-refractivity contribution in [2.24, 2.45) is 0 Å². The van der Waals surface area contributed by atoms with E-state index in [-0.39, 0.29) is 0 Å². The van der Waals surface area contributed by atoms with E-state index in [9.17, 15) is 0 Å². The maximum absolute atomic E-state index is 5.92. The third kappa shape index (κ3) is 2.45. The number of hydrogen-bond donors (Lipinski definition) is 2. The molecule has 0 atom stereocenters. The first-order valence-corrected chi connectivity index (χ1v) is 6.36. The average molecular weight is 256 g/mol. The molecular formula is C11H14ClN3S. The van der Waals surface area contributed by atoms with Gasteiger partial charge in [0.2, 0.25) is 0 Å². The van der Waals surface area contributed by atoms with E-state index in [4.69, 9.17) is 11.6 Å². The van der Waals surface area contributed by atoms with Gasteiger partial charge in [0.1, 0.15) is 11.5 Å². The van der Waals surface area contributed by atoms with Gasteiger partial charge in [-0.2, -0.15) is 0 Å². The van der Waals surface area contributed by atoms with E-state index in [1.54, 1.807) is 11.3 Å². The number of H-pyrrole nitrogens is 1. The Balaban J connectivity index is 2.24. The Labute approximate surface area is 104 Å². The van der Waals surface area contributed by atoms with E-state index >= 15 is 0 Å². The molecule has 0 unspecified atom stereocenters. The van der Waals surface area contributed by atoms with Crippen LogP contribution in [0.4, 0.5) is 0 Å². The van der Waals surface area contributed by atoms with Crippen LogP contribution in [-0.2, 0) is 6.42 Å². The second-order valence-electron chi connectivity index (χ2n) is 3.61. The fraction of sp³-hybridized carbons (Fsp3) is 0.364. The highest BCUT2D eigenvalue weighted by Crippen LogP contribution is 2.31. The van der Waals surface area contributed by atoms with Crippen LogP contribution in [0.3, 0.4) is 0 Å². The Bertz CT molecular complexity index is 475. The lowest BCUT2D eigenvalue weighted by molar-refractivity contribution is 0.763. The molecule has 2 aromatic rings. The van der Waals surface area contributed by atoms with Crippen LogP contribution >= 0.6 is 22.9 Å². The van der Waals surface area contributed by atoms with Crippen molar-refractivity contribution < 1.29 is 0 Å². The summed E-state index contributed by atoms with van der Waals surface area (Å²) in [5.41, 5.74) is 2.12. The Morgan fingerprint density at radius 1 is 1.50 bits per heavy atom. The number of likely N-dealkylation sites (N-methyl/N-ethyl adjacent to an activating group) is 1. The van der Waals surface area contributed by atoms with Gasteiger partial charge in [-0.15, -0.1) is 11.3 Å². The van der Waals surface area contributed by atoms with E-state index in [1.165, 1.54) is 0 Å².